The third-order valence-corrected chi connectivity index (χ3v) is 6.09. The van der Waals surface area contributed by atoms with Gasteiger partial charge in [-0.05, 0) is 24.3 Å². The Labute approximate surface area is 161 Å². The van der Waals surface area contributed by atoms with E-state index < -0.39 is 21.8 Å². The fourth-order valence-corrected chi connectivity index (χ4v) is 4.07. The number of piperazine rings is 1. The van der Waals surface area contributed by atoms with E-state index in [1.807, 2.05) is 0 Å². The first-order chi connectivity index (χ1) is 13.1. The van der Waals surface area contributed by atoms with Crippen LogP contribution >= 0.6 is 0 Å². The Morgan fingerprint density at radius 1 is 1.21 bits per heavy atom. The maximum atomic E-state index is 12.6. The third kappa shape index (κ3) is 5.32. The van der Waals surface area contributed by atoms with E-state index in [-0.39, 0.29) is 43.4 Å². The predicted octanol–water partition coefficient (Wildman–Crippen LogP) is 1.69. The summed E-state index contributed by atoms with van der Waals surface area (Å²) >= 11 is 0. The maximum Gasteiger partial charge on any atom is 0.416 e. The quantitative estimate of drug-likeness (QED) is 0.563. The number of carbonyl (C=O) groups excluding carboxylic acids is 1. The fourth-order valence-electron chi connectivity index (χ4n) is 2.64. The molecule has 1 saturated heterocycles. The largest absolute Gasteiger partial charge is 0.416 e. The van der Waals surface area contributed by atoms with Crippen LogP contribution in [0.25, 0.3) is 0 Å². The van der Waals surface area contributed by atoms with Gasteiger partial charge < -0.3 is 10.2 Å². The summed E-state index contributed by atoms with van der Waals surface area (Å²) in [5, 5.41) is 2.75. The van der Waals surface area contributed by atoms with Crippen LogP contribution in [0.1, 0.15) is 12.0 Å². The van der Waals surface area contributed by atoms with E-state index >= 15 is 0 Å². The van der Waals surface area contributed by atoms with E-state index in [9.17, 15) is 26.4 Å². The highest BCUT2D eigenvalue weighted by molar-refractivity contribution is 7.89. The zero-order valence-electron chi connectivity index (χ0n) is 15.2. The van der Waals surface area contributed by atoms with Crippen LogP contribution in [0, 0.1) is 0 Å². The number of hydrogen-bond donors (Lipinski definition) is 1. The molecule has 1 aromatic rings. The summed E-state index contributed by atoms with van der Waals surface area (Å²) in [6.07, 6.45) is -3.07. The highest BCUT2D eigenvalue weighted by atomic mass is 32.2. The first kappa shape index (κ1) is 21.9. The molecule has 1 aliphatic heterocycles. The van der Waals surface area contributed by atoms with E-state index in [0.29, 0.717) is 5.70 Å². The first-order valence-corrected chi connectivity index (χ1v) is 9.80. The third-order valence-electron chi connectivity index (χ3n) is 4.17. The molecule has 2 rings (SSSR count). The molecule has 1 aromatic carbocycles. The van der Waals surface area contributed by atoms with E-state index in [2.05, 4.69) is 16.9 Å². The van der Waals surface area contributed by atoms with Crippen LogP contribution in [0.3, 0.4) is 0 Å². The van der Waals surface area contributed by atoms with Crippen LogP contribution in [-0.2, 0) is 21.0 Å². The van der Waals surface area contributed by atoms with Crippen molar-refractivity contribution in [1.82, 2.24) is 14.5 Å². The van der Waals surface area contributed by atoms with Gasteiger partial charge in [0.25, 0.3) is 0 Å². The molecule has 0 aromatic heterocycles. The van der Waals surface area contributed by atoms with Crippen molar-refractivity contribution in [2.24, 2.45) is 4.99 Å². The molecule has 1 N–H and O–H groups in total. The summed E-state index contributed by atoms with van der Waals surface area (Å²) in [5.74, 6) is -0.200. The highest BCUT2D eigenvalue weighted by Crippen LogP contribution is 2.30. The maximum absolute atomic E-state index is 12.6. The van der Waals surface area contributed by atoms with Gasteiger partial charge in [-0.3, -0.25) is 9.79 Å². The highest BCUT2D eigenvalue weighted by Gasteiger charge is 2.33. The molecule has 7 nitrogen and oxygen atoms in total. The normalized spacial score (nSPS) is 16.4. The summed E-state index contributed by atoms with van der Waals surface area (Å²) in [5.41, 5.74) is -0.445. The number of amides is 1. The first-order valence-electron chi connectivity index (χ1n) is 8.36. The summed E-state index contributed by atoms with van der Waals surface area (Å²) < 4.78 is 64.3. The van der Waals surface area contributed by atoms with E-state index in [4.69, 9.17) is 0 Å². The second-order valence-corrected chi connectivity index (χ2v) is 8.06. The smallest absolute Gasteiger partial charge is 0.350 e. The summed E-state index contributed by atoms with van der Waals surface area (Å²) in [7, 11) is -2.36. The Kier molecular flexibility index (Phi) is 6.83. The van der Waals surface area contributed by atoms with Crippen molar-refractivity contribution in [3.63, 3.8) is 0 Å². The number of nitrogens with zero attached hydrogens (tertiary/aromatic N) is 3. The Morgan fingerprint density at radius 3 is 2.29 bits per heavy atom. The van der Waals surface area contributed by atoms with Crippen molar-refractivity contribution in [1.29, 1.82) is 0 Å². The van der Waals surface area contributed by atoms with E-state index in [0.717, 1.165) is 28.6 Å². The van der Waals surface area contributed by atoms with Crippen LogP contribution in [-0.4, -0.2) is 63.1 Å². The average molecular weight is 418 g/mol. The average Bonchev–Trinajstić information content (AvgIpc) is 2.65. The topological polar surface area (TPSA) is 82.1 Å². The molecular weight excluding hydrogens is 397 g/mol. The number of alkyl halides is 3. The molecule has 0 saturated carbocycles. The molecule has 0 radical (unpaired) electrons. The van der Waals surface area contributed by atoms with Crippen LogP contribution in [0.15, 0.2) is 46.4 Å². The van der Waals surface area contributed by atoms with Gasteiger partial charge in [0.05, 0.1) is 23.2 Å². The second-order valence-electron chi connectivity index (χ2n) is 6.12. The molecule has 0 unspecified atom stereocenters. The number of rotatable bonds is 6. The minimum Gasteiger partial charge on any atom is -0.350 e. The van der Waals surface area contributed by atoms with Gasteiger partial charge in [0.1, 0.15) is 0 Å². The lowest BCUT2D eigenvalue weighted by atomic mass is 10.2. The van der Waals surface area contributed by atoms with Gasteiger partial charge in [0.15, 0.2) is 0 Å². The van der Waals surface area contributed by atoms with Crippen molar-refractivity contribution in [2.45, 2.75) is 17.5 Å². The van der Waals surface area contributed by atoms with Gasteiger partial charge in [0, 0.05) is 38.9 Å². The molecule has 1 aliphatic rings. The number of halogens is 3. The number of hydrogen-bond acceptors (Lipinski definition) is 4. The molecule has 0 atom stereocenters. The molecule has 11 heteroatoms. The molecule has 1 fully saturated rings. The molecule has 0 bridgehead atoms. The Morgan fingerprint density at radius 2 is 1.79 bits per heavy atom. The van der Waals surface area contributed by atoms with Crippen molar-refractivity contribution in [3.05, 3.63) is 42.1 Å². The number of aliphatic imine (C=N–C) groups is 1. The number of sulfonamides is 1. The zero-order valence-corrected chi connectivity index (χ0v) is 16.1. The standard InChI is InChI=1S/C17H21F3N4O3S/c1-13(22-12-21-2)11-16(25)23-7-9-24(10-8-23)28(26,27)15-5-3-14(4-6-15)17(18,19)20/h3-6,12H,1,7-11H2,2H3,(H,21,22). The van der Waals surface area contributed by atoms with Crippen LogP contribution in [0.4, 0.5) is 13.2 Å². The van der Waals surface area contributed by atoms with Gasteiger partial charge in [-0.15, -0.1) is 0 Å². The lowest BCUT2D eigenvalue weighted by Crippen LogP contribution is -2.50. The predicted molar refractivity (Wildman–Crippen MR) is 98.1 cm³/mol. The lowest BCUT2D eigenvalue weighted by Gasteiger charge is -2.34. The van der Waals surface area contributed by atoms with Gasteiger partial charge >= 0.3 is 6.18 Å². The Balaban J connectivity index is 1.98. The van der Waals surface area contributed by atoms with Crippen LogP contribution < -0.4 is 5.32 Å². The van der Waals surface area contributed by atoms with E-state index in [1.54, 1.807) is 7.05 Å². The van der Waals surface area contributed by atoms with Crippen LogP contribution in [0.5, 0.6) is 0 Å². The van der Waals surface area contributed by atoms with Crippen molar-refractivity contribution in [3.8, 4) is 0 Å². The van der Waals surface area contributed by atoms with Gasteiger partial charge in [-0.2, -0.15) is 17.5 Å². The molecule has 0 aliphatic carbocycles. The van der Waals surface area contributed by atoms with Crippen molar-refractivity contribution >= 4 is 22.3 Å². The van der Waals surface area contributed by atoms with E-state index in [1.165, 1.54) is 11.2 Å². The molecule has 0 spiro atoms. The molecule has 154 valence electrons. The van der Waals surface area contributed by atoms with Crippen molar-refractivity contribution < 1.29 is 26.4 Å². The molecule has 28 heavy (non-hydrogen) atoms. The second kappa shape index (κ2) is 8.74. The Hall–Kier alpha value is -2.40. The SMILES string of the molecule is C=C(CC(=O)N1CCN(S(=O)(=O)c2ccc(C(F)(F)F)cc2)CC1)NC=NC. The number of carbonyl (C=O) groups is 1. The summed E-state index contributed by atoms with van der Waals surface area (Å²) in [6.45, 7) is 4.21. The number of nitrogens with one attached hydrogen (secondary N) is 1. The summed E-state index contributed by atoms with van der Waals surface area (Å²) in [6, 6.07) is 3.37. The van der Waals surface area contributed by atoms with Gasteiger partial charge in [-0.1, -0.05) is 6.58 Å². The lowest BCUT2D eigenvalue weighted by molar-refractivity contribution is -0.137. The number of benzene rings is 1. The Bertz CT molecular complexity index is 843. The van der Waals surface area contributed by atoms with Crippen LogP contribution in [0.2, 0.25) is 0 Å². The van der Waals surface area contributed by atoms with Crippen molar-refractivity contribution in [2.75, 3.05) is 33.2 Å². The molecule has 1 amide bonds. The van der Waals surface area contributed by atoms with Gasteiger partial charge in [-0.25, -0.2) is 8.42 Å². The molecular formula is C17H21F3N4O3S. The molecule has 1 heterocycles. The minimum absolute atomic E-state index is 0.0532. The van der Waals surface area contributed by atoms with Gasteiger partial charge in [0.2, 0.25) is 15.9 Å². The fraction of sp³-hybridized carbons (Fsp3) is 0.412. The summed E-state index contributed by atoms with van der Waals surface area (Å²) in [4.78, 5) is 17.3. The minimum atomic E-state index is -4.53. The zero-order chi connectivity index (χ0) is 20.9. The monoisotopic (exact) mass is 418 g/mol.